The van der Waals surface area contributed by atoms with E-state index in [0.29, 0.717) is 38.7 Å². The molecule has 1 aliphatic heterocycles. The summed E-state index contributed by atoms with van der Waals surface area (Å²) in [7, 11) is 0. The van der Waals surface area contributed by atoms with Crippen LogP contribution in [0.15, 0.2) is 72.7 Å². The summed E-state index contributed by atoms with van der Waals surface area (Å²) in [6, 6.07) is 15.8. The van der Waals surface area contributed by atoms with Crippen molar-refractivity contribution in [2.75, 3.05) is 30.3 Å². The molecule has 234 valence electrons. The van der Waals surface area contributed by atoms with Gasteiger partial charge >= 0.3 is 0 Å². The van der Waals surface area contributed by atoms with Crippen molar-refractivity contribution in [2.24, 2.45) is 5.84 Å². The van der Waals surface area contributed by atoms with Gasteiger partial charge in [0.05, 0.1) is 38.6 Å². The van der Waals surface area contributed by atoms with E-state index < -0.39 is 11.9 Å². The van der Waals surface area contributed by atoms with Crippen LogP contribution in [-0.2, 0) is 0 Å². The number of benzene rings is 3. The molecule has 0 unspecified atom stereocenters. The number of piperidine rings is 1. The second-order valence-electron chi connectivity index (χ2n) is 10.9. The molecule has 1 fully saturated rings. The van der Waals surface area contributed by atoms with Crippen LogP contribution in [0.25, 0.3) is 10.9 Å². The Morgan fingerprint density at radius 3 is 2.49 bits per heavy atom. The van der Waals surface area contributed by atoms with Gasteiger partial charge in [-0.1, -0.05) is 42.3 Å². The summed E-state index contributed by atoms with van der Waals surface area (Å²) >= 11 is 12.7. The van der Waals surface area contributed by atoms with Gasteiger partial charge in [-0.15, -0.1) is 0 Å². The van der Waals surface area contributed by atoms with Crippen LogP contribution in [0.5, 0.6) is 0 Å². The summed E-state index contributed by atoms with van der Waals surface area (Å²) < 4.78 is 27.8. The molecule has 0 amide bonds. The fourth-order valence-corrected chi connectivity index (χ4v) is 5.95. The zero-order valence-corrected chi connectivity index (χ0v) is 26.2. The molecule has 45 heavy (non-hydrogen) atoms. The first-order valence-corrected chi connectivity index (χ1v) is 15.5. The number of hydrogen-bond donors (Lipinski definition) is 5. The average molecular weight is 652 g/mol. The van der Waals surface area contributed by atoms with Crippen LogP contribution in [0.3, 0.4) is 0 Å². The SMILES string of the molecule is CCCN1CCC(N/C=C(\NN)[C@@H](Nc2cc(Cl)c3ncc(C#N)c(Nc4ccc(F)c(Cl)c4)c3c2)c2ccc(F)cc2)CC1. The molecule has 1 saturated heterocycles. The zero-order valence-electron chi connectivity index (χ0n) is 24.7. The van der Waals surface area contributed by atoms with Gasteiger partial charge in [-0.3, -0.25) is 10.8 Å². The number of hydrazine groups is 1. The van der Waals surface area contributed by atoms with Crippen molar-refractivity contribution < 1.29 is 8.78 Å². The first-order valence-electron chi connectivity index (χ1n) is 14.7. The third kappa shape index (κ3) is 7.75. The fraction of sp³-hybridized carbons (Fsp3) is 0.273. The number of nitrogens with zero attached hydrogens (tertiary/aromatic N) is 3. The summed E-state index contributed by atoms with van der Waals surface area (Å²) in [5, 5.41) is 20.9. The van der Waals surface area contributed by atoms with Crippen LogP contribution in [0.2, 0.25) is 10.0 Å². The van der Waals surface area contributed by atoms with Crippen molar-refractivity contribution in [1.82, 2.24) is 20.6 Å². The first kappa shape index (κ1) is 32.3. The van der Waals surface area contributed by atoms with Crippen LogP contribution in [0.4, 0.5) is 25.8 Å². The number of halogens is 4. The number of pyridine rings is 1. The van der Waals surface area contributed by atoms with Crippen molar-refractivity contribution in [3.05, 3.63) is 105 Å². The molecular weight excluding hydrogens is 617 g/mol. The molecule has 0 bridgehead atoms. The largest absolute Gasteiger partial charge is 0.387 e. The van der Waals surface area contributed by atoms with Crippen molar-refractivity contribution in [2.45, 2.75) is 38.3 Å². The van der Waals surface area contributed by atoms with Crippen LogP contribution < -0.4 is 27.2 Å². The molecule has 1 aromatic heterocycles. The number of rotatable bonds is 11. The Kier molecular flexibility index (Phi) is 10.6. The highest BCUT2D eigenvalue weighted by atomic mass is 35.5. The van der Waals surface area contributed by atoms with E-state index in [9.17, 15) is 14.0 Å². The van der Waals surface area contributed by atoms with Crippen molar-refractivity contribution in [3.8, 4) is 6.07 Å². The van der Waals surface area contributed by atoms with Gasteiger partial charge in [0.15, 0.2) is 0 Å². The number of anilines is 3. The summed E-state index contributed by atoms with van der Waals surface area (Å²) in [6.45, 7) is 5.34. The van der Waals surface area contributed by atoms with Gasteiger partial charge in [0.2, 0.25) is 0 Å². The second kappa shape index (κ2) is 14.8. The summed E-state index contributed by atoms with van der Waals surface area (Å²) in [5.41, 5.74) is 6.40. The maximum Gasteiger partial charge on any atom is 0.141 e. The predicted octanol–water partition coefficient (Wildman–Crippen LogP) is 7.36. The van der Waals surface area contributed by atoms with Gasteiger partial charge in [-0.05, 0) is 73.8 Å². The molecule has 1 atom stereocenters. The third-order valence-corrected chi connectivity index (χ3v) is 8.41. The number of hydrogen-bond acceptors (Lipinski definition) is 8. The van der Waals surface area contributed by atoms with Gasteiger partial charge in [-0.25, -0.2) is 8.78 Å². The van der Waals surface area contributed by atoms with Gasteiger partial charge in [0.1, 0.15) is 17.7 Å². The molecule has 3 aromatic carbocycles. The molecule has 0 spiro atoms. The number of nitrogens with two attached hydrogens (primary N) is 1. The van der Waals surface area contributed by atoms with E-state index in [4.69, 9.17) is 29.0 Å². The first-order chi connectivity index (χ1) is 21.8. The zero-order chi connectivity index (χ0) is 31.9. The Balaban J connectivity index is 1.50. The highest BCUT2D eigenvalue weighted by Gasteiger charge is 2.22. The molecular formula is C33H34Cl2F2N8. The topological polar surface area (TPSA) is 114 Å². The molecule has 12 heteroatoms. The van der Waals surface area contributed by atoms with E-state index >= 15 is 0 Å². The Bertz CT molecular complexity index is 1720. The Labute approximate surface area is 271 Å². The minimum atomic E-state index is -0.558. The highest BCUT2D eigenvalue weighted by molar-refractivity contribution is 6.36. The molecule has 6 N–H and O–H groups in total. The molecule has 0 aliphatic carbocycles. The van der Waals surface area contributed by atoms with Crippen LogP contribution >= 0.6 is 23.2 Å². The van der Waals surface area contributed by atoms with Crippen LogP contribution in [0.1, 0.15) is 43.4 Å². The Hall–Kier alpha value is -4.14. The normalized spacial score (nSPS) is 15.0. The lowest BCUT2D eigenvalue weighted by Crippen LogP contribution is -2.42. The average Bonchev–Trinajstić information content (AvgIpc) is 3.04. The van der Waals surface area contributed by atoms with Gasteiger partial charge in [-0.2, -0.15) is 5.26 Å². The lowest BCUT2D eigenvalue weighted by Gasteiger charge is -2.32. The highest BCUT2D eigenvalue weighted by Crippen LogP contribution is 2.37. The van der Waals surface area contributed by atoms with E-state index in [-0.39, 0.29) is 22.4 Å². The lowest BCUT2D eigenvalue weighted by atomic mass is 10.0. The van der Waals surface area contributed by atoms with E-state index in [1.54, 1.807) is 18.2 Å². The maximum absolute atomic E-state index is 13.9. The van der Waals surface area contributed by atoms with E-state index in [2.05, 4.69) is 44.3 Å². The van der Waals surface area contributed by atoms with Crippen LogP contribution in [0, 0.1) is 23.0 Å². The Morgan fingerprint density at radius 2 is 1.82 bits per heavy atom. The van der Waals surface area contributed by atoms with Crippen molar-refractivity contribution in [1.29, 1.82) is 5.26 Å². The number of fused-ring (bicyclic) bond motifs is 1. The van der Waals surface area contributed by atoms with E-state index in [0.717, 1.165) is 44.5 Å². The van der Waals surface area contributed by atoms with Crippen LogP contribution in [-0.4, -0.2) is 35.6 Å². The molecule has 0 saturated carbocycles. The van der Waals surface area contributed by atoms with Crippen molar-refractivity contribution in [3.63, 3.8) is 0 Å². The minimum Gasteiger partial charge on any atom is -0.387 e. The molecule has 0 radical (unpaired) electrons. The lowest BCUT2D eigenvalue weighted by molar-refractivity contribution is 0.204. The summed E-state index contributed by atoms with van der Waals surface area (Å²) in [5.74, 6) is 5.14. The predicted molar refractivity (Wildman–Crippen MR) is 177 cm³/mol. The second-order valence-corrected chi connectivity index (χ2v) is 11.7. The van der Waals surface area contributed by atoms with Crippen molar-refractivity contribution >= 4 is 51.2 Å². The number of nitrogens with one attached hydrogen (secondary N) is 4. The summed E-state index contributed by atoms with van der Waals surface area (Å²) in [4.78, 5) is 6.88. The fourth-order valence-electron chi connectivity index (χ4n) is 5.50. The molecule has 4 aromatic rings. The summed E-state index contributed by atoms with van der Waals surface area (Å²) in [6.07, 6.45) is 6.44. The number of aromatic nitrogens is 1. The third-order valence-electron chi connectivity index (χ3n) is 7.83. The maximum atomic E-state index is 13.9. The number of nitriles is 1. The van der Waals surface area contributed by atoms with Gasteiger partial charge in [0.25, 0.3) is 0 Å². The van der Waals surface area contributed by atoms with Gasteiger partial charge < -0.3 is 26.3 Å². The standard InChI is InChI=1S/C33H34Cl2F2N8/c1-2-11-45-12-9-23(10-13-45)40-19-30(44-39)32(20-3-5-22(36)6-4-20)43-25-14-26-31(42-24-7-8-29(37)27(34)15-24)21(17-38)18-41-33(26)28(35)16-25/h3-8,14-16,18-19,23,32,40,43-44H,2,9-13,39H2,1H3,(H,41,42)/b30-19-/t32-/m0/s1. The quantitative estimate of drug-likeness (QED) is 0.0845. The number of likely N-dealkylation sites (tertiary alicyclic amines) is 1. The van der Waals surface area contributed by atoms with E-state index in [1.807, 2.05) is 12.3 Å². The van der Waals surface area contributed by atoms with Gasteiger partial charge in [0, 0.05) is 48.3 Å². The monoisotopic (exact) mass is 650 g/mol. The molecule has 2 heterocycles. The smallest absolute Gasteiger partial charge is 0.141 e. The molecule has 8 nitrogen and oxygen atoms in total. The Morgan fingerprint density at radius 1 is 1.09 bits per heavy atom. The minimum absolute atomic E-state index is 0.0619. The molecule has 5 rings (SSSR count). The molecule has 1 aliphatic rings. The van der Waals surface area contributed by atoms with E-state index in [1.165, 1.54) is 36.5 Å².